The quantitative estimate of drug-likeness (QED) is 0.757. The molecule has 0 fully saturated rings. The molecule has 0 aliphatic rings. The van der Waals surface area contributed by atoms with Gasteiger partial charge in [-0.25, -0.2) is 0 Å². The molecule has 2 aromatic rings. The summed E-state index contributed by atoms with van der Waals surface area (Å²) in [6.45, 7) is 4.77. The van der Waals surface area contributed by atoms with Crippen molar-refractivity contribution in [1.82, 2.24) is 5.32 Å². The number of aromatic hydroxyl groups is 1. The number of hydrogen-bond donors (Lipinski definition) is 3. The first-order valence-electron chi connectivity index (χ1n) is 6.83. The SMILES string of the molecule is CC(C)NC[C@@H](O)COc1cccc2c(O)cccc12. The van der Waals surface area contributed by atoms with E-state index >= 15 is 0 Å². The van der Waals surface area contributed by atoms with Gasteiger partial charge in [-0.15, -0.1) is 0 Å². The number of nitrogens with one attached hydrogen (secondary N) is 1. The third-order valence-electron chi connectivity index (χ3n) is 3.05. The fourth-order valence-electron chi connectivity index (χ4n) is 2.01. The van der Waals surface area contributed by atoms with Crippen molar-refractivity contribution in [3.05, 3.63) is 36.4 Å². The van der Waals surface area contributed by atoms with Gasteiger partial charge in [0.2, 0.25) is 0 Å². The Morgan fingerprint density at radius 1 is 1.10 bits per heavy atom. The predicted molar refractivity (Wildman–Crippen MR) is 80.3 cm³/mol. The highest BCUT2D eigenvalue weighted by Gasteiger charge is 2.09. The van der Waals surface area contributed by atoms with Gasteiger partial charge in [0.1, 0.15) is 24.2 Å². The summed E-state index contributed by atoms with van der Waals surface area (Å²) < 4.78 is 5.67. The molecule has 0 aromatic heterocycles. The highest BCUT2D eigenvalue weighted by Crippen LogP contribution is 2.31. The summed E-state index contributed by atoms with van der Waals surface area (Å²) in [7, 11) is 0. The zero-order valence-electron chi connectivity index (χ0n) is 11.8. The fraction of sp³-hybridized carbons (Fsp3) is 0.375. The molecule has 0 aliphatic heterocycles. The highest BCUT2D eigenvalue weighted by molar-refractivity contribution is 5.92. The van der Waals surface area contributed by atoms with Crippen molar-refractivity contribution in [2.24, 2.45) is 0 Å². The van der Waals surface area contributed by atoms with Crippen molar-refractivity contribution in [3.8, 4) is 11.5 Å². The summed E-state index contributed by atoms with van der Waals surface area (Å²) in [5.74, 6) is 0.900. The molecular weight excluding hydrogens is 254 g/mol. The van der Waals surface area contributed by atoms with Crippen molar-refractivity contribution >= 4 is 10.8 Å². The van der Waals surface area contributed by atoms with Crippen molar-refractivity contribution in [2.45, 2.75) is 26.0 Å². The summed E-state index contributed by atoms with van der Waals surface area (Å²) in [6.07, 6.45) is -0.565. The molecule has 2 rings (SSSR count). The second kappa shape index (κ2) is 6.59. The fourth-order valence-corrected chi connectivity index (χ4v) is 2.01. The second-order valence-electron chi connectivity index (χ2n) is 5.16. The van der Waals surface area contributed by atoms with E-state index in [0.29, 0.717) is 18.3 Å². The molecule has 4 heteroatoms. The number of hydrogen-bond acceptors (Lipinski definition) is 4. The molecule has 20 heavy (non-hydrogen) atoms. The molecule has 1 atom stereocenters. The molecule has 3 N–H and O–H groups in total. The molecular formula is C16H21NO3. The number of fused-ring (bicyclic) bond motifs is 1. The third-order valence-corrected chi connectivity index (χ3v) is 3.05. The number of benzene rings is 2. The van der Waals surface area contributed by atoms with Gasteiger partial charge in [-0.3, -0.25) is 0 Å². The Kier molecular flexibility index (Phi) is 4.82. The Labute approximate surface area is 119 Å². The van der Waals surface area contributed by atoms with Crippen LogP contribution in [0.3, 0.4) is 0 Å². The average molecular weight is 275 g/mol. The highest BCUT2D eigenvalue weighted by atomic mass is 16.5. The monoisotopic (exact) mass is 275 g/mol. The number of rotatable bonds is 6. The van der Waals surface area contributed by atoms with Crippen molar-refractivity contribution in [2.75, 3.05) is 13.2 Å². The molecule has 4 nitrogen and oxygen atoms in total. The maximum absolute atomic E-state index is 9.85. The van der Waals surface area contributed by atoms with Gasteiger partial charge < -0.3 is 20.3 Å². The first kappa shape index (κ1) is 14.6. The van der Waals surface area contributed by atoms with Crippen LogP contribution in [0.5, 0.6) is 11.5 Å². The standard InChI is InChI=1S/C16H21NO3/c1-11(2)17-9-12(18)10-20-16-8-4-5-13-14(16)6-3-7-15(13)19/h3-8,11-12,17-19H,9-10H2,1-2H3/t12-/m1/s1. The van der Waals surface area contributed by atoms with Crippen LogP contribution in [-0.2, 0) is 0 Å². The predicted octanol–water partition coefficient (Wildman–Crippen LogP) is 2.28. The van der Waals surface area contributed by atoms with Crippen LogP contribution >= 0.6 is 0 Å². The van der Waals surface area contributed by atoms with Crippen LogP contribution in [0.4, 0.5) is 0 Å². The maximum Gasteiger partial charge on any atom is 0.127 e. The van der Waals surface area contributed by atoms with Gasteiger partial charge in [-0.2, -0.15) is 0 Å². The van der Waals surface area contributed by atoms with E-state index in [-0.39, 0.29) is 12.4 Å². The van der Waals surface area contributed by atoms with Crippen LogP contribution in [0.1, 0.15) is 13.8 Å². The normalized spacial score (nSPS) is 12.8. The number of phenolic OH excluding ortho intramolecular Hbond substituents is 1. The average Bonchev–Trinajstić information content (AvgIpc) is 2.43. The lowest BCUT2D eigenvalue weighted by molar-refractivity contribution is 0.105. The van der Waals surface area contributed by atoms with Gasteiger partial charge in [0.25, 0.3) is 0 Å². The minimum atomic E-state index is -0.565. The molecule has 0 saturated carbocycles. The van der Waals surface area contributed by atoms with E-state index in [1.165, 1.54) is 0 Å². The van der Waals surface area contributed by atoms with Crippen LogP contribution in [0, 0.1) is 0 Å². The topological polar surface area (TPSA) is 61.7 Å². The lowest BCUT2D eigenvalue weighted by atomic mass is 10.1. The zero-order chi connectivity index (χ0) is 14.5. The summed E-state index contributed by atoms with van der Waals surface area (Å²) >= 11 is 0. The molecule has 0 unspecified atom stereocenters. The zero-order valence-corrected chi connectivity index (χ0v) is 11.8. The molecule has 2 aromatic carbocycles. The van der Waals surface area contributed by atoms with Crippen molar-refractivity contribution in [1.29, 1.82) is 0 Å². The molecule has 0 spiro atoms. The first-order chi connectivity index (χ1) is 9.58. The summed E-state index contributed by atoms with van der Waals surface area (Å²) in [5.41, 5.74) is 0. The van der Waals surface area contributed by atoms with E-state index in [0.717, 1.165) is 10.8 Å². The smallest absolute Gasteiger partial charge is 0.127 e. The van der Waals surface area contributed by atoms with E-state index in [2.05, 4.69) is 5.32 Å². The molecule has 0 aliphatic carbocycles. The van der Waals surface area contributed by atoms with Gasteiger partial charge in [0.05, 0.1) is 0 Å². The van der Waals surface area contributed by atoms with E-state index < -0.39 is 6.10 Å². The van der Waals surface area contributed by atoms with Crippen LogP contribution in [-0.4, -0.2) is 35.5 Å². The van der Waals surface area contributed by atoms with Gasteiger partial charge >= 0.3 is 0 Å². The number of aliphatic hydroxyl groups excluding tert-OH is 1. The van der Waals surface area contributed by atoms with Crippen LogP contribution in [0.2, 0.25) is 0 Å². The molecule has 0 bridgehead atoms. The molecule has 0 radical (unpaired) electrons. The van der Waals surface area contributed by atoms with Crippen LogP contribution in [0.25, 0.3) is 10.8 Å². The Morgan fingerprint density at radius 3 is 2.55 bits per heavy atom. The minimum Gasteiger partial charge on any atom is -0.507 e. The first-order valence-corrected chi connectivity index (χ1v) is 6.83. The van der Waals surface area contributed by atoms with Gasteiger partial charge in [-0.1, -0.05) is 38.1 Å². The minimum absolute atomic E-state index is 0.217. The summed E-state index contributed by atoms with van der Waals surface area (Å²) in [6, 6.07) is 11.2. The number of aliphatic hydroxyl groups is 1. The Balaban J connectivity index is 2.05. The van der Waals surface area contributed by atoms with E-state index in [4.69, 9.17) is 4.74 Å². The van der Waals surface area contributed by atoms with Crippen LogP contribution in [0.15, 0.2) is 36.4 Å². The number of ether oxygens (including phenoxy) is 1. The van der Waals surface area contributed by atoms with Gasteiger partial charge in [0.15, 0.2) is 0 Å². The van der Waals surface area contributed by atoms with Gasteiger partial charge in [0, 0.05) is 23.4 Å². The van der Waals surface area contributed by atoms with E-state index in [9.17, 15) is 10.2 Å². The van der Waals surface area contributed by atoms with Crippen molar-refractivity contribution < 1.29 is 14.9 Å². The molecule has 0 heterocycles. The largest absolute Gasteiger partial charge is 0.507 e. The third kappa shape index (κ3) is 3.62. The Bertz CT molecular complexity index is 569. The van der Waals surface area contributed by atoms with Crippen molar-refractivity contribution in [3.63, 3.8) is 0 Å². The summed E-state index contributed by atoms with van der Waals surface area (Å²) in [5, 5.41) is 24.4. The summed E-state index contributed by atoms with van der Waals surface area (Å²) in [4.78, 5) is 0. The second-order valence-corrected chi connectivity index (χ2v) is 5.16. The Hall–Kier alpha value is -1.78. The van der Waals surface area contributed by atoms with E-state index in [1.807, 2.05) is 38.1 Å². The number of phenols is 1. The molecule has 0 amide bonds. The lowest BCUT2D eigenvalue weighted by Gasteiger charge is -2.16. The molecule has 108 valence electrons. The lowest BCUT2D eigenvalue weighted by Crippen LogP contribution is -2.35. The Morgan fingerprint density at radius 2 is 1.80 bits per heavy atom. The van der Waals surface area contributed by atoms with Gasteiger partial charge in [-0.05, 0) is 12.1 Å². The molecule has 0 saturated heterocycles. The van der Waals surface area contributed by atoms with Crippen LogP contribution < -0.4 is 10.1 Å². The van der Waals surface area contributed by atoms with E-state index in [1.54, 1.807) is 12.1 Å². The maximum atomic E-state index is 9.85.